The normalized spacial score (nSPS) is 28.4. The highest BCUT2D eigenvalue weighted by Crippen LogP contribution is 2.38. The predicted octanol–water partition coefficient (Wildman–Crippen LogP) is 1.25. The van der Waals surface area contributed by atoms with E-state index in [0.717, 1.165) is 24.2 Å². The van der Waals surface area contributed by atoms with Crippen LogP contribution in [0, 0.1) is 17.2 Å². The van der Waals surface area contributed by atoms with Crippen molar-refractivity contribution in [1.82, 2.24) is 15.1 Å². The van der Waals surface area contributed by atoms with Crippen molar-refractivity contribution in [2.75, 3.05) is 13.6 Å². The number of hydrogen-bond donors (Lipinski definition) is 1. The topological polar surface area (TPSA) is 93.5 Å². The highest BCUT2D eigenvalue weighted by molar-refractivity contribution is 6.09. The van der Waals surface area contributed by atoms with E-state index in [2.05, 4.69) is 5.32 Å². The zero-order chi connectivity index (χ0) is 17.2. The maximum absolute atomic E-state index is 12.8. The number of carbonyl (C=O) groups excluding carboxylic acids is 3. The summed E-state index contributed by atoms with van der Waals surface area (Å²) in [6.07, 6.45) is 3.69. The zero-order valence-corrected chi connectivity index (χ0v) is 14.0. The van der Waals surface area contributed by atoms with Crippen molar-refractivity contribution >= 4 is 17.8 Å². The first kappa shape index (κ1) is 17.3. The van der Waals surface area contributed by atoms with Crippen molar-refractivity contribution < 1.29 is 14.4 Å². The molecule has 126 valence electrons. The number of rotatable bonds is 4. The minimum atomic E-state index is -0.841. The molecule has 0 radical (unpaired) electrons. The van der Waals surface area contributed by atoms with Crippen LogP contribution in [0.25, 0.3) is 0 Å². The van der Waals surface area contributed by atoms with Gasteiger partial charge in [-0.05, 0) is 25.7 Å². The van der Waals surface area contributed by atoms with Gasteiger partial charge in [0, 0.05) is 13.1 Å². The molecular weight excluding hydrogens is 296 g/mol. The van der Waals surface area contributed by atoms with E-state index < -0.39 is 11.6 Å². The molecule has 2 fully saturated rings. The van der Waals surface area contributed by atoms with Gasteiger partial charge in [0.05, 0.1) is 12.5 Å². The molecule has 23 heavy (non-hydrogen) atoms. The zero-order valence-electron chi connectivity index (χ0n) is 14.0. The van der Waals surface area contributed by atoms with Gasteiger partial charge in [-0.2, -0.15) is 5.26 Å². The highest BCUT2D eigenvalue weighted by Gasteiger charge is 2.55. The highest BCUT2D eigenvalue weighted by atomic mass is 16.2. The van der Waals surface area contributed by atoms with Crippen LogP contribution in [-0.2, 0) is 9.59 Å². The fourth-order valence-corrected chi connectivity index (χ4v) is 3.40. The SMILES string of the molecule is C[C@H](CC#N)N(C)C(=O)CN1C(=O)N[C@]2(CCCC[C@@H]2C)C1=O. The monoisotopic (exact) mass is 320 g/mol. The quantitative estimate of drug-likeness (QED) is 0.789. The van der Waals surface area contributed by atoms with Crippen LogP contribution in [0.5, 0.6) is 0 Å². The second kappa shape index (κ2) is 6.57. The van der Waals surface area contributed by atoms with Gasteiger partial charge in [-0.15, -0.1) is 0 Å². The molecule has 0 bridgehead atoms. The number of hydrogen-bond acceptors (Lipinski definition) is 4. The number of nitrogens with one attached hydrogen (secondary N) is 1. The Morgan fingerprint density at radius 1 is 1.52 bits per heavy atom. The molecule has 1 N–H and O–H groups in total. The summed E-state index contributed by atoms with van der Waals surface area (Å²) in [5, 5.41) is 11.5. The van der Waals surface area contributed by atoms with Crippen LogP contribution in [-0.4, -0.2) is 52.8 Å². The van der Waals surface area contributed by atoms with E-state index in [4.69, 9.17) is 5.26 Å². The van der Waals surface area contributed by atoms with Crippen molar-refractivity contribution in [1.29, 1.82) is 5.26 Å². The molecule has 0 aromatic carbocycles. The molecule has 1 saturated carbocycles. The van der Waals surface area contributed by atoms with Crippen LogP contribution in [0.15, 0.2) is 0 Å². The Morgan fingerprint density at radius 2 is 2.22 bits per heavy atom. The Hall–Kier alpha value is -2.10. The molecule has 0 aromatic rings. The van der Waals surface area contributed by atoms with E-state index in [-0.39, 0.29) is 36.7 Å². The average Bonchev–Trinajstić information content (AvgIpc) is 2.75. The Bertz CT molecular complexity index is 556. The van der Waals surface area contributed by atoms with Crippen molar-refractivity contribution in [3.05, 3.63) is 0 Å². The van der Waals surface area contributed by atoms with Gasteiger partial charge in [-0.25, -0.2) is 4.79 Å². The molecule has 2 aliphatic rings. The molecule has 4 amide bonds. The van der Waals surface area contributed by atoms with Crippen molar-refractivity contribution in [3.63, 3.8) is 0 Å². The maximum Gasteiger partial charge on any atom is 0.325 e. The van der Waals surface area contributed by atoms with Crippen LogP contribution in [0.2, 0.25) is 0 Å². The molecule has 3 atom stereocenters. The molecule has 7 nitrogen and oxygen atoms in total. The lowest BCUT2D eigenvalue weighted by Gasteiger charge is -2.36. The van der Waals surface area contributed by atoms with E-state index in [1.807, 2.05) is 13.0 Å². The molecule has 1 aliphatic carbocycles. The molecular formula is C16H24N4O3. The second-order valence-electron chi connectivity index (χ2n) is 6.66. The fourth-order valence-electron chi connectivity index (χ4n) is 3.40. The van der Waals surface area contributed by atoms with Crippen LogP contribution < -0.4 is 5.32 Å². The van der Waals surface area contributed by atoms with Gasteiger partial charge in [0.1, 0.15) is 12.1 Å². The number of imide groups is 1. The van der Waals surface area contributed by atoms with Gasteiger partial charge in [-0.1, -0.05) is 19.8 Å². The second-order valence-corrected chi connectivity index (χ2v) is 6.66. The predicted molar refractivity (Wildman–Crippen MR) is 83.1 cm³/mol. The molecule has 2 rings (SSSR count). The summed E-state index contributed by atoms with van der Waals surface area (Å²) >= 11 is 0. The van der Waals surface area contributed by atoms with E-state index in [9.17, 15) is 14.4 Å². The summed E-state index contributed by atoms with van der Waals surface area (Å²) < 4.78 is 0. The van der Waals surface area contributed by atoms with Gasteiger partial charge in [0.2, 0.25) is 5.91 Å². The third-order valence-electron chi connectivity index (χ3n) is 5.24. The van der Waals surface area contributed by atoms with E-state index in [1.165, 1.54) is 4.90 Å². The lowest BCUT2D eigenvalue weighted by atomic mass is 9.73. The lowest BCUT2D eigenvalue weighted by Crippen LogP contribution is -2.54. The largest absolute Gasteiger partial charge is 0.340 e. The number of urea groups is 1. The van der Waals surface area contributed by atoms with Gasteiger partial charge in [0.25, 0.3) is 5.91 Å². The van der Waals surface area contributed by atoms with Crippen LogP contribution >= 0.6 is 0 Å². The van der Waals surface area contributed by atoms with Crippen LogP contribution in [0.3, 0.4) is 0 Å². The smallest absolute Gasteiger partial charge is 0.325 e. The fraction of sp³-hybridized carbons (Fsp3) is 0.750. The summed E-state index contributed by atoms with van der Waals surface area (Å²) in [4.78, 5) is 39.7. The Balaban J connectivity index is 2.09. The van der Waals surface area contributed by atoms with E-state index in [0.29, 0.717) is 6.42 Å². The Labute approximate surface area is 136 Å². The van der Waals surface area contributed by atoms with Gasteiger partial charge < -0.3 is 10.2 Å². The molecule has 0 unspecified atom stereocenters. The Kier molecular flexibility index (Phi) is 4.93. The average molecular weight is 320 g/mol. The van der Waals surface area contributed by atoms with Crippen LogP contribution in [0.4, 0.5) is 4.79 Å². The number of likely N-dealkylation sites (N-methyl/N-ethyl adjacent to an activating group) is 1. The molecule has 7 heteroatoms. The molecule has 1 spiro atoms. The van der Waals surface area contributed by atoms with Crippen molar-refractivity contribution in [2.24, 2.45) is 5.92 Å². The van der Waals surface area contributed by atoms with Gasteiger partial charge >= 0.3 is 6.03 Å². The third-order valence-corrected chi connectivity index (χ3v) is 5.24. The minimum Gasteiger partial charge on any atom is -0.340 e. The van der Waals surface area contributed by atoms with Gasteiger partial charge in [0.15, 0.2) is 0 Å². The number of carbonyl (C=O) groups is 3. The molecule has 1 aliphatic heterocycles. The summed E-state index contributed by atoms with van der Waals surface area (Å²) in [5.74, 6) is -0.552. The summed E-state index contributed by atoms with van der Waals surface area (Å²) in [6.45, 7) is 3.47. The van der Waals surface area contributed by atoms with Crippen molar-refractivity contribution in [2.45, 2.75) is 57.5 Å². The summed E-state index contributed by atoms with van der Waals surface area (Å²) in [5.41, 5.74) is -0.841. The van der Waals surface area contributed by atoms with E-state index >= 15 is 0 Å². The van der Waals surface area contributed by atoms with Crippen molar-refractivity contribution in [3.8, 4) is 6.07 Å². The third kappa shape index (κ3) is 3.03. The standard InChI is InChI=1S/C16H24N4O3/c1-11-6-4-5-8-16(11)14(22)20(15(23)18-16)10-13(21)19(3)12(2)7-9-17/h11-12H,4-8,10H2,1-3H3,(H,18,23)/t11-,12+,16-/m0/s1. The summed E-state index contributed by atoms with van der Waals surface area (Å²) in [6, 6.07) is 1.27. The first-order chi connectivity index (χ1) is 10.8. The molecule has 1 saturated heterocycles. The maximum atomic E-state index is 12.8. The number of nitrogens with zero attached hydrogens (tertiary/aromatic N) is 3. The Morgan fingerprint density at radius 3 is 2.83 bits per heavy atom. The minimum absolute atomic E-state index is 0.0723. The first-order valence-corrected chi connectivity index (χ1v) is 8.10. The number of amides is 4. The first-order valence-electron chi connectivity index (χ1n) is 8.10. The lowest BCUT2D eigenvalue weighted by molar-refractivity contribution is -0.140. The molecule has 1 heterocycles. The number of nitriles is 1. The van der Waals surface area contributed by atoms with E-state index in [1.54, 1.807) is 14.0 Å². The molecule has 0 aromatic heterocycles. The van der Waals surface area contributed by atoms with Gasteiger partial charge in [-0.3, -0.25) is 14.5 Å². The van der Waals surface area contributed by atoms with Crippen LogP contribution in [0.1, 0.15) is 46.0 Å². The summed E-state index contributed by atoms with van der Waals surface area (Å²) in [7, 11) is 1.59.